The van der Waals surface area contributed by atoms with E-state index in [1.807, 2.05) is 19.9 Å². The van der Waals surface area contributed by atoms with Gasteiger partial charge in [0.1, 0.15) is 0 Å². The van der Waals surface area contributed by atoms with Crippen molar-refractivity contribution in [1.29, 1.82) is 0 Å². The number of aromatic nitrogens is 2. The first-order chi connectivity index (χ1) is 8.56. The van der Waals surface area contributed by atoms with Crippen molar-refractivity contribution in [1.82, 2.24) is 15.3 Å². The highest BCUT2D eigenvalue weighted by atomic mass is 15.2. The Morgan fingerprint density at radius 2 is 2.11 bits per heavy atom. The van der Waals surface area contributed by atoms with Gasteiger partial charge in [-0.1, -0.05) is 19.1 Å². The molecular formula is C14H24N4. The molecule has 0 saturated heterocycles. The zero-order valence-electron chi connectivity index (χ0n) is 12.0. The van der Waals surface area contributed by atoms with E-state index in [9.17, 15) is 0 Å². The first kappa shape index (κ1) is 14.6. The Kier molecular flexibility index (Phi) is 5.78. The standard InChI is InChI=1S/C14H24N4/c1-6-15-9-13-8-12(5)16-14(17-13)18(7-2)10-11(3)4/h8,15H,3,6-7,9-10H2,1-2,4-5H3. The zero-order valence-corrected chi connectivity index (χ0v) is 12.0. The monoisotopic (exact) mass is 248 g/mol. The lowest BCUT2D eigenvalue weighted by molar-refractivity contribution is 0.701. The van der Waals surface area contributed by atoms with E-state index in [1.54, 1.807) is 0 Å². The van der Waals surface area contributed by atoms with Gasteiger partial charge in [0, 0.05) is 25.3 Å². The van der Waals surface area contributed by atoms with Gasteiger partial charge in [-0.3, -0.25) is 0 Å². The van der Waals surface area contributed by atoms with Crippen molar-refractivity contribution in [3.63, 3.8) is 0 Å². The first-order valence-electron chi connectivity index (χ1n) is 6.51. The molecule has 1 N–H and O–H groups in total. The number of nitrogens with zero attached hydrogens (tertiary/aromatic N) is 3. The van der Waals surface area contributed by atoms with E-state index in [1.165, 1.54) is 0 Å². The zero-order chi connectivity index (χ0) is 13.5. The predicted molar refractivity (Wildman–Crippen MR) is 76.9 cm³/mol. The highest BCUT2D eigenvalue weighted by Crippen LogP contribution is 2.11. The van der Waals surface area contributed by atoms with E-state index in [0.717, 1.165) is 49.1 Å². The number of hydrogen-bond acceptors (Lipinski definition) is 4. The number of aryl methyl sites for hydroxylation is 1. The van der Waals surface area contributed by atoms with Gasteiger partial charge in [0.05, 0.1) is 5.69 Å². The van der Waals surface area contributed by atoms with Crippen LogP contribution in [-0.4, -0.2) is 29.6 Å². The molecule has 1 aromatic rings. The maximum absolute atomic E-state index is 4.61. The number of hydrogen-bond donors (Lipinski definition) is 1. The van der Waals surface area contributed by atoms with Crippen LogP contribution in [0.2, 0.25) is 0 Å². The van der Waals surface area contributed by atoms with Crippen molar-refractivity contribution in [2.75, 3.05) is 24.5 Å². The van der Waals surface area contributed by atoms with E-state index in [2.05, 4.69) is 40.6 Å². The topological polar surface area (TPSA) is 41.1 Å². The minimum atomic E-state index is 0.789. The summed E-state index contributed by atoms with van der Waals surface area (Å²) in [5, 5.41) is 3.29. The minimum Gasteiger partial charge on any atom is -0.337 e. The van der Waals surface area contributed by atoms with Crippen molar-refractivity contribution >= 4 is 5.95 Å². The van der Waals surface area contributed by atoms with Crippen LogP contribution >= 0.6 is 0 Å². The maximum atomic E-state index is 4.61. The van der Waals surface area contributed by atoms with Gasteiger partial charge >= 0.3 is 0 Å². The van der Waals surface area contributed by atoms with Crippen LogP contribution in [0.5, 0.6) is 0 Å². The lowest BCUT2D eigenvalue weighted by Crippen LogP contribution is -2.27. The smallest absolute Gasteiger partial charge is 0.226 e. The molecule has 1 heterocycles. The molecule has 0 aliphatic heterocycles. The number of nitrogens with one attached hydrogen (secondary N) is 1. The third kappa shape index (κ3) is 4.45. The largest absolute Gasteiger partial charge is 0.337 e. The van der Waals surface area contributed by atoms with Gasteiger partial charge in [-0.2, -0.15) is 0 Å². The van der Waals surface area contributed by atoms with Crippen LogP contribution in [0.4, 0.5) is 5.95 Å². The third-order valence-electron chi connectivity index (χ3n) is 2.58. The molecule has 0 radical (unpaired) electrons. The molecule has 0 aromatic carbocycles. The Labute approximate surface area is 110 Å². The second-order valence-corrected chi connectivity index (χ2v) is 4.55. The molecule has 0 fully saturated rings. The fraction of sp³-hybridized carbons (Fsp3) is 0.571. The van der Waals surface area contributed by atoms with Gasteiger partial charge in [0.15, 0.2) is 0 Å². The summed E-state index contributed by atoms with van der Waals surface area (Å²) in [6.45, 7) is 15.6. The molecule has 1 aromatic heterocycles. The quantitative estimate of drug-likeness (QED) is 0.752. The van der Waals surface area contributed by atoms with Gasteiger partial charge in [0.25, 0.3) is 0 Å². The Morgan fingerprint density at radius 3 is 2.67 bits per heavy atom. The summed E-state index contributed by atoms with van der Waals surface area (Å²) >= 11 is 0. The molecule has 0 unspecified atom stereocenters. The second-order valence-electron chi connectivity index (χ2n) is 4.55. The summed E-state index contributed by atoms with van der Waals surface area (Å²) < 4.78 is 0. The molecular weight excluding hydrogens is 224 g/mol. The van der Waals surface area contributed by atoms with Crippen LogP contribution in [0.25, 0.3) is 0 Å². The molecule has 1 rings (SSSR count). The Hall–Kier alpha value is -1.42. The van der Waals surface area contributed by atoms with Crippen LogP contribution in [0.3, 0.4) is 0 Å². The molecule has 100 valence electrons. The second kappa shape index (κ2) is 7.11. The summed E-state index contributed by atoms with van der Waals surface area (Å²) in [5.41, 5.74) is 3.17. The summed E-state index contributed by atoms with van der Waals surface area (Å²) in [7, 11) is 0. The summed E-state index contributed by atoms with van der Waals surface area (Å²) in [5.74, 6) is 0.799. The first-order valence-corrected chi connectivity index (χ1v) is 6.51. The molecule has 0 atom stereocenters. The van der Waals surface area contributed by atoms with E-state index in [0.29, 0.717) is 0 Å². The number of rotatable bonds is 7. The maximum Gasteiger partial charge on any atom is 0.226 e. The van der Waals surface area contributed by atoms with Crippen LogP contribution in [0, 0.1) is 6.92 Å². The van der Waals surface area contributed by atoms with Crippen LogP contribution in [-0.2, 0) is 6.54 Å². The molecule has 4 nitrogen and oxygen atoms in total. The van der Waals surface area contributed by atoms with E-state index in [4.69, 9.17) is 0 Å². The highest BCUT2D eigenvalue weighted by molar-refractivity contribution is 5.34. The molecule has 0 bridgehead atoms. The van der Waals surface area contributed by atoms with Crippen molar-refractivity contribution in [3.8, 4) is 0 Å². The lowest BCUT2D eigenvalue weighted by Gasteiger charge is -2.21. The average Bonchev–Trinajstić information content (AvgIpc) is 2.32. The molecule has 0 amide bonds. The molecule has 0 aliphatic rings. The van der Waals surface area contributed by atoms with Crippen LogP contribution in [0.15, 0.2) is 18.2 Å². The van der Waals surface area contributed by atoms with Gasteiger partial charge in [-0.15, -0.1) is 0 Å². The highest BCUT2D eigenvalue weighted by Gasteiger charge is 2.09. The van der Waals surface area contributed by atoms with E-state index >= 15 is 0 Å². The minimum absolute atomic E-state index is 0.789. The molecule has 0 saturated carbocycles. The van der Waals surface area contributed by atoms with Gasteiger partial charge in [-0.25, -0.2) is 9.97 Å². The Morgan fingerprint density at radius 1 is 1.39 bits per heavy atom. The lowest BCUT2D eigenvalue weighted by atomic mass is 10.3. The third-order valence-corrected chi connectivity index (χ3v) is 2.58. The van der Waals surface area contributed by atoms with Gasteiger partial charge in [-0.05, 0) is 33.4 Å². The van der Waals surface area contributed by atoms with E-state index < -0.39 is 0 Å². The summed E-state index contributed by atoms with van der Waals surface area (Å²) in [6.07, 6.45) is 0. The number of likely N-dealkylation sites (N-methyl/N-ethyl adjacent to an activating group) is 1. The van der Waals surface area contributed by atoms with Gasteiger partial charge < -0.3 is 10.2 Å². The normalized spacial score (nSPS) is 10.4. The van der Waals surface area contributed by atoms with Crippen molar-refractivity contribution < 1.29 is 0 Å². The summed E-state index contributed by atoms with van der Waals surface area (Å²) in [6, 6.07) is 2.03. The van der Waals surface area contributed by atoms with Crippen LogP contribution in [0.1, 0.15) is 32.2 Å². The molecule has 4 heteroatoms. The van der Waals surface area contributed by atoms with Crippen molar-refractivity contribution in [3.05, 3.63) is 29.6 Å². The molecule has 0 spiro atoms. The van der Waals surface area contributed by atoms with Crippen molar-refractivity contribution in [2.45, 2.75) is 34.2 Å². The Balaban J connectivity index is 2.91. The Bertz CT molecular complexity index is 401. The van der Waals surface area contributed by atoms with Crippen molar-refractivity contribution in [2.24, 2.45) is 0 Å². The predicted octanol–water partition coefficient (Wildman–Crippen LogP) is 2.30. The fourth-order valence-electron chi connectivity index (χ4n) is 1.75. The summed E-state index contributed by atoms with van der Waals surface area (Å²) in [4.78, 5) is 11.3. The van der Waals surface area contributed by atoms with E-state index in [-0.39, 0.29) is 0 Å². The fourth-order valence-corrected chi connectivity index (χ4v) is 1.75. The molecule has 18 heavy (non-hydrogen) atoms. The average molecular weight is 248 g/mol. The van der Waals surface area contributed by atoms with Crippen LogP contribution < -0.4 is 10.2 Å². The molecule has 0 aliphatic carbocycles. The number of anilines is 1. The SMILES string of the molecule is C=C(C)CN(CC)c1nc(C)cc(CNCC)n1. The van der Waals surface area contributed by atoms with Gasteiger partial charge in [0.2, 0.25) is 5.95 Å².